The highest BCUT2D eigenvalue weighted by Crippen LogP contribution is 2.20. The van der Waals surface area contributed by atoms with Crippen LogP contribution in [0, 0.1) is 0 Å². The molecular weight excluding hydrogens is 1060 g/mol. The second kappa shape index (κ2) is 57.5. The molecule has 0 bridgehead atoms. The molecule has 0 spiro atoms. The summed E-state index contributed by atoms with van der Waals surface area (Å²) < 4.78 is 0. The summed E-state index contributed by atoms with van der Waals surface area (Å²) in [5.41, 5.74) is 0. The molecule has 0 aromatic rings. The molecular formula is C68H132N4O8S2. The number of nitrogens with zero attached hydrogens (tertiary/aromatic N) is 2. The number of unbranched alkanes of at least 4 members (excludes halogenated alkanes) is 36. The Hall–Kier alpha value is -1.26. The van der Waals surface area contributed by atoms with Gasteiger partial charge in [-0.15, -0.1) is 0 Å². The number of hydrogen-bond acceptors (Lipinski definition) is 12. The van der Waals surface area contributed by atoms with E-state index in [9.17, 15) is 39.6 Å². The lowest BCUT2D eigenvalue weighted by Crippen LogP contribution is -2.62. The van der Waals surface area contributed by atoms with Crippen molar-refractivity contribution < 1.29 is 39.6 Å². The fourth-order valence-electron chi connectivity index (χ4n) is 11.5. The van der Waals surface area contributed by atoms with Gasteiger partial charge in [-0.1, -0.05) is 308 Å². The maximum absolute atomic E-state index is 13.3. The van der Waals surface area contributed by atoms with Gasteiger partial charge >= 0.3 is 0 Å². The van der Waals surface area contributed by atoms with Crippen molar-refractivity contribution in [3.63, 3.8) is 0 Å². The molecule has 1 heterocycles. The highest BCUT2D eigenvalue weighted by molar-refractivity contribution is 8.13. The van der Waals surface area contributed by atoms with E-state index in [0.717, 1.165) is 74.9 Å². The quantitative estimate of drug-likeness (QED) is 0.0318. The molecule has 2 amide bonds. The Morgan fingerprint density at radius 2 is 0.549 bits per heavy atom. The van der Waals surface area contributed by atoms with E-state index in [0.29, 0.717) is 76.5 Å². The number of hydrogen-bond donors (Lipinski definition) is 6. The monoisotopic (exact) mass is 1200 g/mol. The third-order valence-electron chi connectivity index (χ3n) is 16.8. The van der Waals surface area contributed by atoms with E-state index in [1.807, 2.05) is 0 Å². The standard InChI is InChI=1S/C68H132N4O8S2/c1-5-9-13-17-21-25-29-33-37-41-45-59(73)55-71(56-60(74)46-42-38-34-30-26-22-18-14-10-6-2)49-51-81-65(77)53-63-67(79)70-64(68(80)69-63)54-66(78)82-52-50-72(57-61(75)47-43-39-35-31-27-23-19-15-11-7-3)58-62(76)48-44-40-36-32-28-24-20-16-12-8-4/h59-64,73-76H,5-58H2,1-4H3,(H,69,80)(H,70,79). The number of carbonyl (C=O) groups excluding carboxylic acids is 4. The van der Waals surface area contributed by atoms with Crippen LogP contribution >= 0.6 is 23.5 Å². The molecule has 0 aromatic heterocycles. The fourth-order valence-corrected chi connectivity index (χ4v) is 13.3. The van der Waals surface area contributed by atoms with Crippen molar-refractivity contribution in [2.24, 2.45) is 0 Å². The average molecular weight is 1200 g/mol. The lowest BCUT2D eigenvalue weighted by Gasteiger charge is -2.29. The Bertz CT molecular complexity index is 1310. The third kappa shape index (κ3) is 48.8. The summed E-state index contributed by atoms with van der Waals surface area (Å²) in [5, 5.41) is 49.4. The Morgan fingerprint density at radius 3 is 0.756 bits per heavy atom. The molecule has 1 fully saturated rings. The summed E-state index contributed by atoms with van der Waals surface area (Å²) in [6, 6.07) is -2.05. The number of piperazine rings is 1. The first-order valence-corrected chi connectivity index (χ1v) is 37.0. The minimum atomic E-state index is -1.03. The molecule has 1 saturated heterocycles. The largest absolute Gasteiger partial charge is 0.392 e. The van der Waals surface area contributed by atoms with Crippen molar-refractivity contribution in [2.45, 2.75) is 360 Å². The first-order valence-electron chi connectivity index (χ1n) is 35.0. The van der Waals surface area contributed by atoms with Crippen LogP contribution < -0.4 is 10.6 Å². The number of amides is 2. The smallest absolute Gasteiger partial charge is 0.243 e. The van der Waals surface area contributed by atoms with Gasteiger partial charge in [-0.3, -0.25) is 29.0 Å². The van der Waals surface area contributed by atoms with Crippen LogP contribution in [0.3, 0.4) is 0 Å². The van der Waals surface area contributed by atoms with Crippen molar-refractivity contribution >= 4 is 45.6 Å². The van der Waals surface area contributed by atoms with Crippen LogP contribution in [-0.2, 0) is 19.2 Å². The Kier molecular flexibility index (Phi) is 55.2. The van der Waals surface area contributed by atoms with Gasteiger partial charge in [-0.2, -0.15) is 0 Å². The molecule has 0 saturated carbocycles. The Labute approximate surface area is 513 Å². The number of carbonyl (C=O) groups is 4. The van der Waals surface area contributed by atoms with Crippen LogP contribution in [0.1, 0.15) is 323 Å². The highest BCUT2D eigenvalue weighted by Gasteiger charge is 2.36. The average Bonchev–Trinajstić information content (AvgIpc) is 3.44. The fraction of sp³-hybridized carbons (Fsp3) is 0.941. The van der Waals surface area contributed by atoms with Crippen molar-refractivity contribution in [3.05, 3.63) is 0 Å². The minimum absolute atomic E-state index is 0.174. The van der Waals surface area contributed by atoms with Crippen LogP contribution in [0.4, 0.5) is 0 Å². The van der Waals surface area contributed by atoms with Gasteiger partial charge in [0.25, 0.3) is 0 Å². The normalized spacial score (nSPS) is 16.2. The first-order chi connectivity index (χ1) is 39.9. The van der Waals surface area contributed by atoms with Crippen LogP contribution in [0.2, 0.25) is 0 Å². The lowest BCUT2D eigenvalue weighted by atomic mass is 10.0. The van der Waals surface area contributed by atoms with Gasteiger partial charge in [0.1, 0.15) is 12.1 Å². The van der Waals surface area contributed by atoms with Crippen molar-refractivity contribution in [3.8, 4) is 0 Å². The maximum atomic E-state index is 13.3. The van der Waals surface area contributed by atoms with Gasteiger partial charge in [0.15, 0.2) is 10.2 Å². The Balaban J connectivity index is 2.65. The molecule has 6 unspecified atom stereocenters. The second-order valence-corrected chi connectivity index (χ2v) is 27.3. The molecule has 6 atom stereocenters. The molecule has 12 nitrogen and oxygen atoms in total. The van der Waals surface area contributed by atoms with E-state index in [1.165, 1.54) is 205 Å². The van der Waals surface area contributed by atoms with Crippen molar-refractivity contribution in [1.82, 2.24) is 20.4 Å². The minimum Gasteiger partial charge on any atom is -0.392 e. The summed E-state index contributed by atoms with van der Waals surface area (Å²) >= 11 is 2.21. The van der Waals surface area contributed by atoms with Gasteiger partial charge < -0.3 is 31.1 Å². The molecule has 0 radical (unpaired) electrons. The predicted molar refractivity (Wildman–Crippen MR) is 351 cm³/mol. The predicted octanol–water partition coefficient (Wildman–Crippen LogP) is 15.6. The number of aliphatic hydroxyl groups is 4. The zero-order valence-electron chi connectivity index (χ0n) is 53.8. The summed E-state index contributed by atoms with van der Waals surface area (Å²) in [5.74, 6) is -0.108. The number of thioether (sulfide) groups is 2. The van der Waals surface area contributed by atoms with E-state index in [1.54, 1.807) is 0 Å². The van der Waals surface area contributed by atoms with Gasteiger partial charge in [-0.25, -0.2) is 0 Å². The second-order valence-electron chi connectivity index (χ2n) is 25.0. The number of nitrogens with one attached hydrogen (secondary N) is 2. The summed E-state index contributed by atoms with van der Waals surface area (Å²) in [6.07, 6.45) is 49.9. The zero-order chi connectivity index (χ0) is 59.9. The third-order valence-corrected chi connectivity index (χ3v) is 18.5. The van der Waals surface area contributed by atoms with Gasteiger partial charge in [0, 0.05) is 63.6 Å². The molecule has 0 aliphatic carbocycles. The molecule has 484 valence electrons. The Morgan fingerprint density at radius 1 is 0.354 bits per heavy atom. The van der Waals surface area contributed by atoms with E-state index >= 15 is 0 Å². The van der Waals surface area contributed by atoms with Crippen molar-refractivity contribution in [1.29, 1.82) is 0 Å². The van der Waals surface area contributed by atoms with Gasteiger partial charge in [0.05, 0.1) is 24.4 Å². The van der Waals surface area contributed by atoms with E-state index in [2.05, 4.69) is 48.1 Å². The summed E-state index contributed by atoms with van der Waals surface area (Å²) in [7, 11) is 0. The van der Waals surface area contributed by atoms with Crippen LogP contribution in [0.15, 0.2) is 0 Å². The number of aliphatic hydroxyl groups excluding tert-OH is 4. The lowest BCUT2D eigenvalue weighted by molar-refractivity contribution is -0.138. The topological polar surface area (TPSA) is 180 Å². The van der Waals surface area contributed by atoms with Crippen LogP contribution in [-0.4, -0.2) is 140 Å². The van der Waals surface area contributed by atoms with Gasteiger partial charge in [0.2, 0.25) is 11.8 Å². The van der Waals surface area contributed by atoms with E-state index < -0.39 is 48.3 Å². The summed E-state index contributed by atoms with van der Waals surface area (Å²) in [4.78, 5) is 57.2. The van der Waals surface area contributed by atoms with Crippen molar-refractivity contribution in [2.75, 3.05) is 50.8 Å². The SMILES string of the molecule is CCCCCCCCCCCCC(O)CN(CCSC(=O)CC1NC(=O)C(CC(=O)SCCN(CC(O)CCCCCCCCCCCC)CC(O)CCCCCCCCCCCC)NC1=O)CC(O)CCCCCCCCCCCC. The highest BCUT2D eigenvalue weighted by atomic mass is 32.2. The van der Waals surface area contributed by atoms with E-state index in [4.69, 9.17) is 0 Å². The summed E-state index contributed by atoms with van der Waals surface area (Å²) in [6.45, 7) is 11.7. The molecule has 6 N–H and O–H groups in total. The zero-order valence-corrected chi connectivity index (χ0v) is 55.4. The first kappa shape index (κ1) is 78.8. The van der Waals surface area contributed by atoms with Crippen LogP contribution in [0.5, 0.6) is 0 Å². The molecule has 1 rings (SSSR count). The van der Waals surface area contributed by atoms with Gasteiger partial charge in [-0.05, 0) is 25.7 Å². The number of rotatable bonds is 62. The van der Waals surface area contributed by atoms with E-state index in [-0.39, 0.29) is 23.1 Å². The molecule has 14 heteroatoms. The maximum Gasteiger partial charge on any atom is 0.243 e. The molecule has 82 heavy (non-hydrogen) atoms. The molecule has 0 aromatic carbocycles. The molecule has 1 aliphatic rings. The molecule has 1 aliphatic heterocycles. The van der Waals surface area contributed by atoms with Crippen LogP contribution in [0.25, 0.3) is 0 Å².